The summed E-state index contributed by atoms with van der Waals surface area (Å²) in [6.07, 6.45) is 3.69. The van der Waals surface area contributed by atoms with E-state index in [9.17, 15) is 4.79 Å². The molecule has 0 saturated heterocycles. The van der Waals surface area contributed by atoms with E-state index in [0.29, 0.717) is 17.9 Å². The van der Waals surface area contributed by atoms with Crippen molar-refractivity contribution in [1.82, 2.24) is 9.55 Å². The molecule has 0 aliphatic carbocycles. The standard InChI is InChI=1S/C19H19N3O2/c1-14-7-8-16(19(20)23)11-17(14)24-13-18-21-9-10-22(18)12-15-5-3-2-4-6-15/h2-11H,12-13H2,1H3,(H2,20,23). The fraction of sp³-hybridized carbons (Fsp3) is 0.158. The average molecular weight is 321 g/mol. The molecule has 0 spiro atoms. The maximum atomic E-state index is 11.3. The second-order valence-corrected chi connectivity index (χ2v) is 5.59. The van der Waals surface area contributed by atoms with E-state index >= 15 is 0 Å². The minimum atomic E-state index is -0.467. The van der Waals surface area contributed by atoms with Crippen LogP contribution < -0.4 is 10.5 Å². The number of aromatic nitrogens is 2. The van der Waals surface area contributed by atoms with Gasteiger partial charge in [-0.2, -0.15) is 0 Å². The van der Waals surface area contributed by atoms with Gasteiger partial charge in [0.25, 0.3) is 0 Å². The highest BCUT2D eigenvalue weighted by Gasteiger charge is 2.09. The van der Waals surface area contributed by atoms with Gasteiger partial charge in [0.2, 0.25) is 5.91 Å². The van der Waals surface area contributed by atoms with Gasteiger partial charge >= 0.3 is 0 Å². The maximum Gasteiger partial charge on any atom is 0.248 e. The van der Waals surface area contributed by atoms with Gasteiger partial charge in [0.15, 0.2) is 0 Å². The van der Waals surface area contributed by atoms with Crippen molar-refractivity contribution in [2.45, 2.75) is 20.1 Å². The van der Waals surface area contributed by atoms with Crippen LogP contribution in [0.3, 0.4) is 0 Å². The number of primary amides is 1. The van der Waals surface area contributed by atoms with Crippen LogP contribution in [0.25, 0.3) is 0 Å². The van der Waals surface area contributed by atoms with Crippen LogP contribution in [0.5, 0.6) is 5.75 Å². The first kappa shape index (κ1) is 15.8. The van der Waals surface area contributed by atoms with Crippen LogP contribution in [0.15, 0.2) is 60.9 Å². The predicted octanol–water partition coefficient (Wildman–Crippen LogP) is 2.92. The minimum Gasteiger partial charge on any atom is -0.485 e. The van der Waals surface area contributed by atoms with E-state index in [-0.39, 0.29) is 0 Å². The zero-order valence-corrected chi connectivity index (χ0v) is 13.5. The van der Waals surface area contributed by atoms with Crippen LogP contribution in [-0.4, -0.2) is 15.5 Å². The molecule has 0 fully saturated rings. The lowest BCUT2D eigenvalue weighted by atomic mass is 10.1. The van der Waals surface area contributed by atoms with Gasteiger partial charge < -0.3 is 15.0 Å². The number of nitrogens with two attached hydrogens (primary N) is 1. The molecule has 3 aromatic rings. The lowest BCUT2D eigenvalue weighted by Crippen LogP contribution is -2.12. The normalized spacial score (nSPS) is 10.5. The lowest BCUT2D eigenvalue weighted by Gasteiger charge is -2.12. The zero-order chi connectivity index (χ0) is 16.9. The summed E-state index contributed by atoms with van der Waals surface area (Å²) in [5.41, 5.74) is 7.90. The van der Waals surface area contributed by atoms with E-state index in [0.717, 1.165) is 17.9 Å². The van der Waals surface area contributed by atoms with Gasteiger partial charge in [0.1, 0.15) is 18.2 Å². The molecular formula is C19H19N3O2. The first-order valence-corrected chi connectivity index (χ1v) is 7.70. The van der Waals surface area contributed by atoms with E-state index < -0.39 is 5.91 Å². The maximum absolute atomic E-state index is 11.3. The van der Waals surface area contributed by atoms with Crippen molar-refractivity contribution in [3.05, 3.63) is 83.4 Å². The Morgan fingerprint density at radius 3 is 2.75 bits per heavy atom. The molecule has 24 heavy (non-hydrogen) atoms. The molecule has 1 amide bonds. The smallest absolute Gasteiger partial charge is 0.248 e. The molecule has 5 heteroatoms. The topological polar surface area (TPSA) is 70.1 Å². The van der Waals surface area contributed by atoms with Crippen molar-refractivity contribution in [3.63, 3.8) is 0 Å². The van der Waals surface area contributed by atoms with Crippen molar-refractivity contribution in [2.24, 2.45) is 5.73 Å². The van der Waals surface area contributed by atoms with Gasteiger partial charge in [-0.15, -0.1) is 0 Å². The summed E-state index contributed by atoms with van der Waals surface area (Å²) in [6.45, 7) is 2.99. The highest BCUT2D eigenvalue weighted by molar-refractivity contribution is 5.93. The molecule has 5 nitrogen and oxygen atoms in total. The van der Waals surface area contributed by atoms with E-state index in [1.54, 1.807) is 18.3 Å². The lowest BCUT2D eigenvalue weighted by molar-refractivity contribution is 0.1000. The molecular weight excluding hydrogens is 302 g/mol. The average Bonchev–Trinajstić information content (AvgIpc) is 3.02. The van der Waals surface area contributed by atoms with Gasteiger partial charge in [-0.1, -0.05) is 36.4 Å². The number of aryl methyl sites for hydroxylation is 1. The molecule has 2 N–H and O–H groups in total. The molecule has 1 heterocycles. The predicted molar refractivity (Wildman–Crippen MR) is 91.8 cm³/mol. The fourth-order valence-corrected chi connectivity index (χ4v) is 2.46. The molecule has 0 radical (unpaired) electrons. The molecule has 0 aliphatic heterocycles. The summed E-state index contributed by atoms with van der Waals surface area (Å²) in [5, 5.41) is 0. The quantitative estimate of drug-likeness (QED) is 0.759. The van der Waals surface area contributed by atoms with Crippen LogP contribution >= 0.6 is 0 Å². The molecule has 122 valence electrons. The van der Waals surface area contributed by atoms with Crippen LogP contribution in [-0.2, 0) is 13.2 Å². The van der Waals surface area contributed by atoms with Gasteiger partial charge in [0.05, 0.1) is 0 Å². The van der Waals surface area contributed by atoms with Crippen LogP contribution in [0.2, 0.25) is 0 Å². The van der Waals surface area contributed by atoms with Crippen LogP contribution in [0, 0.1) is 6.92 Å². The summed E-state index contributed by atoms with van der Waals surface area (Å²) in [7, 11) is 0. The number of hydrogen-bond acceptors (Lipinski definition) is 3. The van der Waals surface area contributed by atoms with E-state index in [4.69, 9.17) is 10.5 Å². The van der Waals surface area contributed by atoms with Gasteiger partial charge in [-0.25, -0.2) is 4.98 Å². The second-order valence-electron chi connectivity index (χ2n) is 5.59. The third kappa shape index (κ3) is 3.63. The summed E-state index contributed by atoms with van der Waals surface area (Å²) in [6, 6.07) is 15.4. The molecule has 0 atom stereocenters. The van der Waals surface area contributed by atoms with Crippen molar-refractivity contribution in [3.8, 4) is 5.75 Å². The summed E-state index contributed by atoms with van der Waals surface area (Å²) in [5.74, 6) is 0.994. The molecule has 0 unspecified atom stereocenters. The van der Waals surface area contributed by atoms with Gasteiger partial charge in [0, 0.05) is 24.5 Å². The second kappa shape index (κ2) is 7.00. The Hall–Kier alpha value is -3.08. The monoisotopic (exact) mass is 321 g/mol. The van der Waals surface area contributed by atoms with Gasteiger partial charge in [-0.3, -0.25) is 4.79 Å². The Balaban J connectivity index is 1.73. The number of benzene rings is 2. The number of hydrogen-bond donors (Lipinski definition) is 1. The van der Waals surface area contributed by atoms with Gasteiger partial charge in [-0.05, 0) is 30.2 Å². The fourth-order valence-electron chi connectivity index (χ4n) is 2.46. The van der Waals surface area contributed by atoms with Crippen LogP contribution in [0.1, 0.15) is 27.3 Å². The Morgan fingerprint density at radius 1 is 1.21 bits per heavy atom. The summed E-state index contributed by atoms with van der Waals surface area (Å²) < 4.78 is 7.90. The zero-order valence-electron chi connectivity index (χ0n) is 13.5. The van der Waals surface area contributed by atoms with Crippen molar-refractivity contribution in [1.29, 1.82) is 0 Å². The highest BCUT2D eigenvalue weighted by Crippen LogP contribution is 2.20. The largest absolute Gasteiger partial charge is 0.485 e. The Morgan fingerprint density at radius 2 is 2.00 bits per heavy atom. The number of carbonyl (C=O) groups is 1. The number of nitrogens with zero attached hydrogens (tertiary/aromatic N) is 2. The number of amides is 1. The molecule has 3 rings (SSSR count). The van der Waals surface area contributed by atoms with Crippen molar-refractivity contribution in [2.75, 3.05) is 0 Å². The SMILES string of the molecule is Cc1ccc(C(N)=O)cc1OCc1nccn1Cc1ccccc1. The van der Waals surface area contributed by atoms with E-state index in [1.165, 1.54) is 5.56 Å². The van der Waals surface area contributed by atoms with E-state index in [2.05, 4.69) is 17.1 Å². The Labute approximate surface area is 140 Å². The van der Waals surface area contributed by atoms with Crippen molar-refractivity contribution < 1.29 is 9.53 Å². The van der Waals surface area contributed by atoms with Crippen molar-refractivity contribution >= 4 is 5.91 Å². The molecule has 2 aromatic carbocycles. The molecule has 0 saturated carbocycles. The molecule has 0 aliphatic rings. The Kier molecular flexibility index (Phi) is 4.61. The number of carbonyl (C=O) groups excluding carboxylic acids is 1. The first-order valence-electron chi connectivity index (χ1n) is 7.70. The Bertz CT molecular complexity index is 841. The third-order valence-corrected chi connectivity index (χ3v) is 3.83. The summed E-state index contributed by atoms with van der Waals surface area (Å²) in [4.78, 5) is 15.7. The number of rotatable bonds is 6. The minimum absolute atomic E-state index is 0.322. The number of ether oxygens (including phenoxy) is 1. The number of imidazole rings is 1. The highest BCUT2D eigenvalue weighted by atomic mass is 16.5. The molecule has 0 bridgehead atoms. The summed E-state index contributed by atoms with van der Waals surface area (Å²) >= 11 is 0. The van der Waals surface area contributed by atoms with E-state index in [1.807, 2.05) is 42.0 Å². The third-order valence-electron chi connectivity index (χ3n) is 3.83. The van der Waals surface area contributed by atoms with Crippen LogP contribution in [0.4, 0.5) is 0 Å². The first-order chi connectivity index (χ1) is 11.6. The molecule has 1 aromatic heterocycles.